The highest BCUT2D eigenvalue weighted by Crippen LogP contribution is 2.42. The number of hydrogen-bond acceptors (Lipinski definition) is 7. The number of carbonyl (C=O) groups is 1. The van der Waals surface area contributed by atoms with Crippen LogP contribution in [0.4, 0.5) is 9.93 Å². The van der Waals surface area contributed by atoms with E-state index in [1.807, 2.05) is 36.6 Å². The summed E-state index contributed by atoms with van der Waals surface area (Å²) >= 11 is 2.97. The maximum Gasteiger partial charge on any atom is 0.321 e. The standard InChI is InChI=1S/C19H21N5O2S2/c1-12-11-27-16(20-12)19(7-4-8-19)22-17(25)21-18-24-23-15(28-18)10-13-5-3-6-14(9-13)26-2/h3,5-6,9,11H,4,7-8,10H2,1-2H3,(H2,21,22,24,25). The number of ether oxygens (including phenoxy) is 1. The third-order valence-electron chi connectivity index (χ3n) is 4.77. The fraction of sp³-hybridized carbons (Fsp3) is 0.368. The van der Waals surface area contributed by atoms with Crippen molar-refractivity contribution in [3.63, 3.8) is 0 Å². The maximum atomic E-state index is 12.5. The van der Waals surface area contributed by atoms with Crippen LogP contribution >= 0.6 is 22.7 Å². The lowest BCUT2D eigenvalue weighted by Crippen LogP contribution is -2.52. The summed E-state index contributed by atoms with van der Waals surface area (Å²) in [7, 11) is 1.65. The van der Waals surface area contributed by atoms with Gasteiger partial charge < -0.3 is 10.1 Å². The average molecular weight is 416 g/mol. The molecule has 0 spiro atoms. The predicted molar refractivity (Wildman–Crippen MR) is 110 cm³/mol. The van der Waals surface area contributed by atoms with Gasteiger partial charge in [-0.2, -0.15) is 0 Å². The number of aryl methyl sites for hydroxylation is 1. The summed E-state index contributed by atoms with van der Waals surface area (Å²) in [6.07, 6.45) is 3.54. The molecule has 0 radical (unpaired) electrons. The number of aromatic nitrogens is 3. The van der Waals surface area contributed by atoms with Crippen molar-refractivity contribution in [1.82, 2.24) is 20.5 Å². The average Bonchev–Trinajstić information content (AvgIpc) is 3.27. The van der Waals surface area contributed by atoms with E-state index in [1.54, 1.807) is 18.4 Å². The minimum absolute atomic E-state index is 0.267. The highest BCUT2D eigenvalue weighted by Gasteiger charge is 2.42. The molecular formula is C19H21N5O2S2. The van der Waals surface area contributed by atoms with Crippen LogP contribution in [0.2, 0.25) is 0 Å². The molecule has 3 aromatic rings. The molecule has 9 heteroatoms. The van der Waals surface area contributed by atoms with Crippen molar-refractivity contribution in [2.75, 3.05) is 12.4 Å². The highest BCUT2D eigenvalue weighted by atomic mass is 32.1. The summed E-state index contributed by atoms with van der Waals surface area (Å²) in [4.78, 5) is 17.1. The van der Waals surface area contributed by atoms with Crippen molar-refractivity contribution in [2.24, 2.45) is 0 Å². The van der Waals surface area contributed by atoms with Crippen LogP contribution in [0, 0.1) is 6.92 Å². The second kappa shape index (κ2) is 7.84. The number of amides is 2. The number of urea groups is 1. The van der Waals surface area contributed by atoms with Gasteiger partial charge in [0.15, 0.2) is 0 Å². The molecule has 4 rings (SSSR count). The number of hydrogen-bond donors (Lipinski definition) is 2. The molecule has 28 heavy (non-hydrogen) atoms. The summed E-state index contributed by atoms with van der Waals surface area (Å²) < 4.78 is 5.25. The van der Waals surface area contributed by atoms with Gasteiger partial charge in [-0.3, -0.25) is 5.32 Å². The van der Waals surface area contributed by atoms with Crippen molar-refractivity contribution >= 4 is 33.8 Å². The van der Waals surface area contributed by atoms with Crippen LogP contribution in [0.25, 0.3) is 0 Å². The van der Waals surface area contributed by atoms with Gasteiger partial charge in [0, 0.05) is 17.5 Å². The minimum atomic E-state index is -0.350. The van der Waals surface area contributed by atoms with Gasteiger partial charge in [0.2, 0.25) is 5.13 Å². The molecule has 146 valence electrons. The lowest BCUT2D eigenvalue weighted by atomic mass is 9.77. The van der Waals surface area contributed by atoms with Crippen LogP contribution < -0.4 is 15.4 Å². The van der Waals surface area contributed by atoms with Crippen LogP contribution in [0.5, 0.6) is 5.75 Å². The Balaban J connectivity index is 1.39. The molecule has 2 N–H and O–H groups in total. The quantitative estimate of drug-likeness (QED) is 0.633. The third-order valence-corrected chi connectivity index (χ3v) is 6.77. The van der Waals surface area contributed by atoms with E-state index in [-0.39, 0.29) is 11.6 Å². The van der Waals surface area contributed by atoms with Gasteiger partial charge in [-0.15, -0.1) is 21.5 Å². The number of thiazole rings is 1. The number of nitrogens with one attached hydrogen (secondary N) is 2. The minimum Gasteiger partial charge on any atom is -0.497 e. The molecule has 2 aromatic heterocycles. The van der Waals surface area contributed by atoms with Gasteiger partial charge >= 0.3 is 6.03 Å². The number of anilines is 1. The van der Waals surface area contributed by atoms with E-state index in [9.17, 15) is 4.79 Å². The molecule has 2 amide bonds. The fourth-order valence-corrected chi connectivity index (χ4v) is 4.96. The summed E-state index contributed by atoms with van der Waals surface area (Å²) in [6.45, 7) is 1.97. The van der Waals surface area contributed by atoms with E-state index in [0.29, 0.717) is 11.6 Å². The zero-order valence-electron chi connectivity index (χ0n) is 15.7. The SMILES string of the molecule is COc1cccc(Cc2nnc(NC(=O)NC3(c4nc(C)cs4)CCC3)s2)c1. The van der Waals surface area contributed by atoms with Crippen molar-refractivity contribution in [2.45, 2.75) is 38.1 Å². The first kappa shape index (κ1) is 18.8. The lowest BCUT2D eigenvalue weighted by Gasteiger charge is -2.40. The van der Waals surface area contributed by atoms with E-state index < -0.39 is 0 Å². The molecule has 1 fully saturated rings. The summed E-state index contributed by atoms with van der Waals surface area (Å²) in [5.41, 5.74) is 1.72. The smallest absolute Gasteiger partial charge is 0.321 e. The predicted octanol–water partition coefficient (Wildman–Crippen LogP) is 4.10. The topological polar surface area (TPSA) is 89.0 Å². The number of methoxy groups -OCH3 is 1. The second-order valence-electron chi connectivity index (χ2n) is 6.84. The van der Waals surface area contributed by atoms with E-state index in [1.165, 1.54) is 11.3 Å². The normalized spacial score (nSPS) is 14.9. The van der Waals surface area contributed by atoms with Crippen molar-refractivity contribution in [1.29, 1.82) is 0 Å². The van der Waals surface area contributed by atoms with Gasteiger partial charge in [-0.1, -0.05) is 23.5 Å². The van der Waals surface area contributed by atoms with Crippen molar-refractivity contribution in [3.8, 4) is 5.75 Å². The number of benzene rings is 1. The maximum absolute atomic E-state index is 12.5. The Morgan fingerprint density at radius 1 is 1.32 bits per heavy atom. The second-order valence-corrected chi connectivity index (χ2v) is 8.76. The Hall–Kier alpha value is -2.52. The Kier molecular flexibility index (Phi) is 5.27. The van der Waals surface area contributed by atoms with E-state index >= 15 is 0 Å². The molecule has 1 aliphatic rings. The lowest BCUT2D eigenvalue weighted by molar-refractivity contribution is 0.184. The highest BCUT2D eigenvalue weighted by molar-refractivity contribution is 7.15. The molecular weight excluding hydrogens is 394 g/mol. The molecule has 1 aliphatic carbocycles. The Labute approximate surface area is 171 Å². The number of rotatable bonds is 6. The van der Waals surface area contributed by atoms with Gasteiger partial charge in [-0.25, -0.2) is 9.78 Å². The van der Waals surface area contributed by atoms with Crippen LogP contribution in [0.3, 0.4) is 0 Å². The summed E-state index contributed by atoms with van der Waals surface area (Å²) in [6, 6.07) is 7.57. The first-order valence-corrected chi connectivity index (χ1v) is 10.7. The van der Waals surface area contributed by atoms with E-state index in [2.05, 4.69) is 25.8 Å². The molecule has 0 aliphatic heterocycles. The van der Waals surface area contributed by atoms with Gasteiger partial charge in [0.25, 0.3) is 0 Å². The molecule has 0 unspecified atom stereocenters. The van der Waals surface area contributed by atoms with Gasteiger partial charge in [-0.05, 0) is 43.9 Å². The van der Waals surface area contributed by atoms with Crippen LogP contribution in [-0.2, 0) is 12.0 Å². The summed E-state index contributed by atoms with van der Waals surface area (Å²) in [5, 5.41) is 18.5. The molecule has 0 saturated heterocycles. The van der Waals surface area contributed by atoms with Gasteiger partial charge in [0.1, 0.15) is 15.8 Å². The van der Waals surface area contributed by atoms with Crippen LogP contribution in [-0.4, -0.2) is 28.3 Å². The number of carbonyl (C=O) groups excluding carboxylic acids is 1. The Morgan fingerprint density at radius 2 is 2.18 bits per heavy atom. The Morgan fingerprint density at radius 3 is 2.86 bits per heavy atom. The fourth-order valence-electron chi connectivity index (χ4n) is 3.17. The Bertz CT molecular complexity index is 980. The summed E-state index contributed by atoms with van der Waals surface area (Å²) in [5.74, 6) is 0.808. The molecule has 7 nitrogen and oxygen atoms in total. The largest absolute Gasteiger partial charge is 0.497 e. The van der Waals surface area contributed by atoms with Crippen LogP contribution in [0.15, 0.2) is 29.6 Å². The number of nitrogens with zero attached hydrogens (tertiary/aromatic N) is 3. The van der Waals surface area contributed by atoms with Crippen molar-refractivity contribution in [3.05, 3.63) is 50.9 Å². The molecule has 0 bridgehead atoms. The zero-order chi connectivity index (χ0) is 19.6. The monoisotopic (exact) mass is 415 g/mol. The third kappa shape index (κ3) is 4.00. The van der Waals surface area contributed by atoms with Crippen LogP contribution in [0.1, 0.15) is 40.5 Å². The first-order valence-electron chi connectivity index (χ1n) is 9.03. The zero-order valence-corrected chi connectivity index (χ0v) is 17.3. The van der Waals surface area contributed by atoms with Gasteiger partial charge in [0.05, 0.1) is 12.6 Å². The molecule has 1 aromatic carbocycles. The van der Waals surface area contributed by atoms with E-state index in [4.69, 9.17) is 4.74 Å². The molecule has 0 atom stereocenters. The van der Waals surface area contributed by atoms with E-state index in [0.717, 1.165) is 46.3 Å². The van der Waals surface area contributed by atoms with Crippen molar-refractivity contribution < 1.29 is 9.53 Å². The first-order chi connectivity index (χ1) is 13.6. The molecule has 2 heterocycles. The molecule has 1 saturated carbocycles.